The molecular weight excluding hydrogens is 222 g/mol. The number of aromatic nitrogens is 2. The van der Waals surface area contributed by atoms with E-state index in [1.165, 1.54) is 12.4 Å². The van der Waals surface area contributed by atoms with Crippen molar-refractivity contribution in [3.8, 4) is 5.69 Å². The molecule has 0 aliphatic heterocycles. The highest BCUT2D eigenvalue weighted by Crippen LogP contribution is 2.26. The molecule has 0 amide bonds. The first kappa shape index (κ1) is 11.3. The predicted octanol–water partition coefficient (Wildman–Crippen LogP) is 1.83. The van der Waals surface area contributed by atoms with Gasteiger partial charge in [-0.15, -0.1) is 0 Å². The van der Waals surface area contributed by atoms with E-state index in [1.54, 1.807) is 36.0 Å². The smallest absolute Gasteiger partial charge is 0.293 e. The van der Waals surface area contributed by atoms with Gasteiger partial charge in [0.05, 0.1) is 17.4 Å². The molecule has 1 heterocycles. The SMILES string of the molecule is CC(O)c1ccc(-n2ccnc2)c([N+](=O)[O-])c1. The standard InChI is InChI=1S/C11H11N3O3/c1-8(15)9-2-3-10(11(6-9)14(16)17)13-5-4-12-7-13/h2-8,15H,1H3. The molecule has 0 aliphatic rings. The molecule has 6 heteroatoms. The summed E-state index contributed by atoms with van der Waals surface area (Å²) in [5.74, 6) is 0. The van der Waals surface area contributed by atoms with Crippen molar-refractivity contribution in [2.24, 2.45) is 0 Å². The van der Waals surface area contributed by atoms with E-state index in [2.05, 4.69) is 4.98 Å². The van der Waals surface area contributed by atoms with Gasteiger partial charge in [-0.05, 0) is 18.6 Å². The Kier molecular flexibility index (Phi) is 2.88. The van der Waals surface area contributed by atoms with Crippen molar-refractivity contribution in [2.45, 2.75) is 13.0 Å². The van der Waals surface area contributed by atoms with Crippen molar-refractivity contribution in [1.29, 1.82) is 0 Å². The highest BCUT2D eigenvalue weighted by molar-refractivity contribution is 5.54. The normalized spacial score (nSPS) is 12.4. The van der Waals surface area contributed by atoms with Crippen LogP contribution in [0.15, 0.2) is 36.9 Å². The molecule has 0 radical (unpaired) electrons. The van der Waals surface area contributed by atoms with E-state index in [0.717, 1.165) is 0 Å². The van der Waals surface area contributed by atoms with Crippen molar-refractivity contribution in [1.82, 2.24) is 9.55 Å². The minimum absolute atomic E-state index is 0.0543. The van der Waals surface area contributed by atoms with Crippen molar-refractivity contribution in [2.75, 3.05) is 0 Å². The molecule has 1 N–H and O–H groups in total. The lowest BCUT2D eigenvalue weighted by Gasteiger charge is -2.08. The maximum atomic E-state index is 11.0. The fourth-order valence-electron chi connectivity index (χ4n) is 1.57. The second-order valence-electron chi connectivity index (χ2n) is 3.65. The molecule has 0 aliphatic carbocycles. The van der Waals surface area contributed by atoms with Crippen LogP contribution in [0.2, 0.25) is 0 Å². The van der Waals surface area contributed by atoms with Crippen LogP contribution in [0.4, 0.5) is 5.69 Å². The van der Waals surface area contributed by atoms with Gasteiger partial charge in [0.1, 0.15) is 5.69 Å². The molecule has 1 aromatic carbocycles. The number of hydrogen-bond acceptors (Lipinski definition) is 4. The Morgan fingerprint density at radius 1 is 1.53 bits per heavy atom. The van der Waals surface area contributed by atoms with E-state index in [-0.39, 0.29) is 5.69 Å². The summed E-state index contributed by atoms with van der Waals surface area (Å²) in [7, 11) is 0. The third-order valence-corrected chi connectivity index (χ3v) is 2.46. The molecule has 17 heavy (non-hydrogen) atoms. The molecule has 2 rings (SSSR count). The van der Waals surface area contributed by atoms with Gasteiger partial charge in [-0.2, -0.15) is 0 Å². The fourth-order valence-corrected chi connectivity index (χ4v) is 1.57. The molecular formula is C11H11N3O3. The average molecular weight is 233 g/mol. The van der Waals surface area contributed by atoms with E-state index >= 15 is 0 Å². The van der Waals surface area contributed by atoms with E-state index < -0.39 is 11.0 Å². The highest BCUT2D eigenvalue weighted by Gasteiger charge is 2.17. The number of aliphatic hydroxyl groups excluding tert-OH is 1. The van der Waals surface area contributed by atoms with E-state index in [1.807, 2.05) is 0 Å². The maximum absolute atomic E-state index is 11.0. The molecule has 0 saturated heterocycles. The topological polar surface area (TPSA) is 81.2 Å². The number of imidazole rings is 1. The zero-order valence-electron chi connectivity index (χ0n) is 9.15. The Morgan fingerprint density at radius 3 is 2.82 bits per heavy atom. The Balaban J connectivity index is 2.57. The molecule has 2 aromatic rings. The summed E-state index contributed by atoms with van der Waals surface area (Å²) in [6, 6.07) is 4.63. The molecule has 6 nitrogen and oxygen atoms in total. The van der Waals surface area contributed by atoms with Crippen LogP contribution in [-0.2, 0) is 0 Å². The first-order valence-corrected chi connectivity index (χ1v) is 5.04. The van der Waals surface area contributed by atoms with Gasteiger partial charge in [0.15, 0.2) is 0 Å². The Bertz CT molecular complexity index is 535. The second-order valence-corrected chi connectivity index (χ2v) is 3.65. The first-order valence-electron chi connectivity index (χ1n) is 5.04. The summed E-state index contributed by atoms with van der Waals surface area (Å²) >= 11 is 0. The molecule has 1 aromatic heterocycles. The lowest BCUT2D eigenvalue weighted by Crippen LogP contribution is -2.01. The van der Waals surface area contributed by atoms with Gasteiger partial charge in [0, 0.05) is 18.5 Å². The van der Waals surface area contributed by atoms with Gasteiger partial charge in [-0.1, -0.05) is 6.07 Å². The van der Waals surface area contributed by atoms with Crippen LogP contribution in [0, 0.1) is 10.1 Å². The molecule has 1 atom stereocenters. The number of nitro groups is 1. The zero-order valence-corrected chi connectivity index (χ0v) is 9.15. The summed E-state index contributed by atoms with van der Waals surface area (Å²) < 4.78 is 1.56. The number of rotatable bonds is 3. The zero-order chi connectivity index (χ0) is 12.4. The van der Waals surface area contributed by atoms with Crippen LogP contribution in [-0.4, -0.2) is 19.6 Å². The summed E-state index contributed by atoms with van der Waals surface area (Å²) in [4.78, 5) is 14.4. The van der Waals surface area contributed by atoms with Crippen LogP contribution in [0.5, 0.6) is 0 Å². The Labute approximate surface area is 97.3 Å². The number of hydrogen-bond donors (Lipinski definition) is 1. The lowest BCUT2D eigenvalue weighted by atomic mass is 10.1. The number of aliphatic hydroxyl groups is 1. The van der Waals surface area contributed by atoms with Gasteiger partial charge in [-0.3, -0.25) is 10.1 Å². The Morgan fingerprint density at radius 2 is 2.29 bits per heavy atom. The number of nitro benzene ring substituents is 1. The molecule has 0 bridgehead atoms. The van der Waals surface area contributed by atoms with Crippen molar-refractivity contribution >= 4 is 5.69 Å². The van der Waals surface area contributed by atoms with Crippen molar-refractivity contribution in [3.05, 3.63) is 52.6 Å². The molecule has 0 saturated carbocycles. The summed E-state index contributed by atoms with van der Waals surface area (Å²) in [5.41, 5.74) is 0.888. The van der Waals surface area contributed by atoms with Gasteiger partial charge in [0.25, 0.3) is 5.69 Å². The molecule has 88 valence electrons. The maximum Gasteiger partial charge on any atom is 0.293 e. The second kappa shape index (κ2) is 4.34. The fraction of sp³-hybridized carbons (Fsp3) is 0.182. The monoisotopic (exact) mass is 233 g/mol. The van der Waals surface area contributed by atoms with Crippen LogP contribution in [0.25, 0.3) is 5.69 Å². The molecule has 1 unspecified atom stereocenters. The van der Waals surface area contributed by atoms with Crippen LogP contribution < -0.4 is 0 Å². The minimum Gasteiger partial charge on any atom is -0.389 e. The van der Waals surface area contributed by atoms with Gasteiger partial charge in [-0.25, -0.2) is 4.98 Å². The Hall–Kier alpha value is -2.21. The third-order valence-electron chi connectivity index (χ3n) is 2.46. The van der Waals surface area contributed by atoms with Crippen molar-refractivity contribution in [3.63, 3.8) is 0 Å². The van der Waals surface area contributed by atoms with E-state index in [0.29, 0.717) is 11.3 Å². The third kappa shape index (κ3) is 2.16. The van der Waals surface area contributed by atoms with Gasteiger partial charge >= 0.3 is 0 Å². The summed E-state index contributed by atoms with van der Waals surface area (Å²) in [6.07, 6.45) is 3.94. The van der Waals surface area contributed by atoms with E-state index in [9.17, 15) is 15.2 Å². The largest absolute Gasteiger partial charge is 0.389 e. The van der Waals surface area contributed by atoms with Gasteiger partial charge in [0.2, 0.25) is 0 Å². The predicted molar refractivity (Wildman–Crippen MR) is 60.9 cm³/mol. The van der Waals surface area contributed by atoms with Crippen LogP contribution >= 0.6 is 0 Å². The van der Waals surface area contributed by atoms with Gasteiger partial charge < -0.3 is 9.67 Å². The molecule has 0 spiro atoms. The van der Waals surface area contributed by atoms with Crippen LogP contribution in [0.1, 0.15) is 18.6 Å². The highest BCUT2D eigenvalue weighted by atomic mass is 16.6. The molecule has 0 fully saturated rings. The van der Waals surface area contributed by atoms with E-state index in [4.69, 9.17) is 0 Å². The number of benzene rings is 1. The lowest BCUT2D eigenvalue weighted by molar-refractivity contribution is -0.384. The minimum atomic E-state index is -0.731. The average Bonchev–Trinajstić information content (AvgIpc) is 2.81. The van der Waals surface area contributed by atoms with Crippen LogP contribution in [0.3, 0.4) is 0 Å². The number of nitrogens with zero attached hydrogens (tertiary/aromatic N) is 3. The summed E-state index contributed by atoms with van der Waals surface area (Å²) in [6.45, 7) is 1.57. The first-order chi connectivity index (χ1) is 8.09. The van der Waals surface area contributed by atoms with Crippen molar-refractivity contribution < 1.29 is 10.0 Å². The quantitative estimate of drug-likeness (QED) is 0.647. The summed E-state index contributed by atoms with van der Waals surface area (Å²) in [5, 5.41) is 20.4.